The Bertz CT molecular complexity index is 1160. The number of carbonyl (C=O) groups excluding carboxylic acids is 2. The Kier molecular flexibility index (Phi) is 4.89. The molecule has 150 valence electrons. The Morgan fingerprint density at radius 2 is 2.28 bits per heavy atom. The molecule has 2 amide bonds. The molecule has 1 atom stereocenters. The van der Waals surface area contributed by atoms with Crippen molar-refractivity contribution in [3.05, 3.63) is 58.0 Å². The molecule has 10 nitrogen and oxygen atoms in total. The smallest absolute Gasteiger partial charge is 0.416 e. The number of cyclic esters (lactones) is 1. The lowest BCUT2D eigenvalue weighted by Gasteiger charge is -2.20. The second kappa shape index (κ2) is 7.51. The van der Waals surface area contributed by atoms with Gasteiger partial charge in [0.15, 0.2) is 5.65 Å². The van der Waals surface area contributed by atoms with Gasteiger partial charge in [0.25, 0.3) is 11.5 Å². The van der Waals surface area contributed by atoms with E-state index in [4.69, 9.17) is 16.3 Å². The number of nitrogens with zero attached hydrogens (tertiary/aromatic N) is 4. The number of aromatic amines is 1. The number of fused-ring (bicyclic) bond motifs is 1. The lowest BCUT2D eigenvalue weighted by atomic mass is 10.1. The molecule has 0 aliphatic carbocycles. The first-order valence-electron chi connectivity index (χ1n) is 8.52. The van der Waals surface area contributed by atoms with E-state index in [2.05, 4.69) is 20.4 Å². The minimum atomic E-state index is -0.881. The van der Waals surface area contributed by atoms with Gasteiger partial charge in [0.2, 0.25) is 0 Å². The van der Waals surface area contributed by atoms with E-state index in [0.717, 1.165) is 17.2 Å². The molecule has 3 aromatic heterocycles. The molecule has 1 aliphatic heterocycles. The van der Waals surface area contributed by atoms with Crippen LogP contribution >= 0.6 is 11.6 Å². The number of anilines is 1. The van der Waals surface area contributed by atoms with Crippen molar-refractivity contribution in [3.8, 4) is 0 Å². The van der Waals surface area contributed by atoms with Gasteiger partial charge in [-0.3, -0.25) is 14.5 Å². The average molecular weight is 421 g/mol. The molecule has 3 aromatic rings. The van der Waals surface area contributed by atoms with E-state index in [0.29, 0.717) is 0 Å². The van der Waals surface area contributed by atoms with Gasteiger partial charge in [-0.2, -0.15) is 5.10 Å². The van der Waals surface area contributed by atoms with Gasteiger partial charge in [0.05, 0.1) is 6.20 Å². The van der Waals surface area contributed by atoms with Crippen LogP contribution < -0.4 is 15.8 Å². The summed E-state index contributed by atoms with van der Waals surface area (Å²) in [4.78, 5) is 44.5. The van der Waals surface area contributed by atoms with Crippen molar-refractivity contribution in [2.45, 2.75) is 6.04 Å². The van der Waals surface area contributed by atoms with Crippen LogP contribution in [-0.2, 0) is 4.74 Å². The highest BCUT2D eigenvalue weighted by Crippen LogP contribution is 2.31. The zero-order chi connectivity index (χ0) is 20.5. The number of H-pyrrole nitrogens is 1. The Hall–Kier alpha value is -3.47. The van der Waals surface area contributed by atoms with Crippen LogP contribution in [-0.4, -0.2) is 50.6 Å². The van der Waals surface area contributed by atoms with Crippen LogP contribution in [0.4, 0.5) is 15.0 Å². The van der Waals surface area contributed by atoms with Gasteiger partial charge in [-0.05, 0) is 12.1 Å². The summed E-state index contributed by atoms with van der Waals surface area (Å²) in [5, 5.41) is 6.67. The second-order valence-electron chi connectivity index (χ2n) is 6.12. The van der Waals surface area contributed by atoms with E-state index in [-0.39, 0.29) is 41.6 Å². The molecule has 1 saturated heterocycles. The molecule has 1 fully saturated rings. The Labute approximate surface area is 167 Å². The second-order valence-corrected chi connectivity index (χ2v) is 6.50. The molecule has 29 heavy (non-hydrogen) atoms. The average Bonchev–Trinajstić information content (AvgIpc) is 3.31. The summed E-state index contributed by atoms with van der Waals surface area (Å²) in [5.41, 5.74) is -0.150. The molecule has 0 radical (unpaired) electrons. The van der Waals surface area contributed by atoms with Crippen LogP contribution in [0.25, 0.3) is 5.65 Å². The highest BCUT2D eigenvalue weighted by atomic mass is 35.5. The number of nitrogens with one attached hydrogen (secondary N) is 2. The van der Waals surface area contributed by atoms with Crippen LogP contribution in [0.15, 0.2) is 35.5 Å². The largest absolute Gasteiger partial charge is 0.447 e. The van der Waals surface area contributed by atoms with Crippen molar-refractivity contribution in [1.29, 1.82) is 0 Å². The number of pyridine rings is 1. The van der Waals surface area contributed by atoms with Crippen LogP contribution in [0.3, 0.4) is 0 Å². The molecule has 0 spiro atoms. The minimum absolute atomic E-state index is 0.0195. The number of hydrogen-bond donors (Lipinski definition) is 2. The Morgan fingerprint density at radius 3 is 3.07 bits per heavy atom. The quantitative estimate of drug-likeness (QED) is 0.598. The fraction of sp³-hybridized carbons (Fsp3) is 0.235. The SMILES string of the molecule is O=C(NCCCl)c1cnn2ccc(N3C(=O)OC[C@@H]3c3cc(F)c[nH]c3=O)nc12. The van der Waals surface area contributed by atoms with E-state index in [1.807, 2.05) is 0 Å². The Balaban J connectivity index is 1.76. The molecule has 4 rings (SSSR count). The fourth-order valence-corrected chi connectivity index (χ4v) is 3.13. The van der Waals surface area contributed by atoms with Crippen LogP contribution in [0.2, 0.25) is 0 Å². The van der Waals surface area contributed by atoms with E-state index in [1.165, 1.54) is 23.0 Å². The van der Waals surface area contributed by atoms with Crippen molar-refractivity contribution >= 4 is 35.1 Å². The van der Waals surface area contributed by atoms with Crippen molar-refractivity contribution in [2.24, 2.45) is 0 Å². The third-order valence-electron chi connectivity index (χ3n) is 4.35. The predicted molar refractivity (Wildman–Crippen MR) is 99.6 cm³/mol. The van der Waals surface area contributed by atoms with Crippen molar-refractivity contribution in [2.75, 3.05) is 23.9 Å². The minimum Gasteiger partial charge on any atom is -0.447 e. The molecule has 4 heterocycles. The van der Waals surface area contributed by atoms with E-state index < -0.39 is 29.4 Å². The standard InChI is InChI=1S/C17H14ClFN6O4/c18-2-3-20-16(27)11-7-22-24-4-1-13(23-14(11)24)25-12(8-29-17(25)28)10-5-9(19)6-21-15(10)26/h1,4-7,12H,2-3,8H2,(H,20,27)(H,21,26)/t12-/m1/s1. The normalized spacial score (nSPS) is 16.3. The first-order chi connectivity index (χ1) is 14.0. The zero-order valence-corrected chi connectivity index (χ0v) is 15.5. The number of amides is 2. The topological polar surface area (TPSA) is 122 Å². The van der Waals surface area contributed by atoms with Gasteiger partial charge in [-0.1, -0.05) is 0 Å². The van der Waals surface area contributed by atoms with Gasteiger partial charge >= 0.3 is 6.09 Å². The van der Waals surface area contributed by atoms with Gasteiger partial charge in [0, 0.05) is 30.4 Å². The summed E-state index contributed by atoms with van der Waals surface area (Å²) < 4.78 is 20.1. The van der Waals surface area contributed by atoms with Crippen molar-refractivity contribution in [1.82, 2.24) is 24.9 Å². The molecule has 0 aromatic carbocycles. The third-order valence-corrected chi connectivity index (χ3v) is 4.54. The van der Waals surface area contributed by atoms with Crippen LogP contribution in [0.1, 0.15) is 22.0 Å². The maximum absolute atomic E-state index is 13.6. The summed E-state index contributed by atoms with van der Waals surface area (Å²) in [6.07, 6.45) is 3.03. The highest BCUT2D eigenvalue weighted by molar-refractivity contribution is 6.18. The van der Waals surface area contributed by atoms with Gasteiger partial charge in [-0.25, -0.2) is 18.7 Å². The number of halogens is 2. The first kappa shape index (κ1) is 18.9. The lowest BCUT2D eigenvalue weighted by Crippen LogP contribution is -2.32. The van der Waals surface area contributed by atoms with Gasteiger partial charge < -0.3 is 15.0 Å². The molecule has 2 N–H and O–H groups in total. The maximum atomic E-state index is 13.6. The summed E-state index contributed by atoms with van der Waals surface area (Å²) in [6, 6.07) is 1.64. The van der Waals surface area contributed by atoms with Crippen LogP contribution in [0.5, 0.6) is 0 Å². The Morgan fingerprint density at radius 1 is 1.45 bits per heavy atom. The van der Waals surface area contributed by atoms with Crippen molar-refractivity contribution < 1.29 is 18.7 Å². The molecular weight excluding hydrogens is 407 g/mol. The molecule has 12 heteroatoms. The third kappa shape index (κ3) is 3.40. The molecule has 1 aliphatic rings. The number of aromatic nitrogens is 4. The number of alkyl halides is 1. The summed E-state index contributed by atoms with van der Waals surface area (Å²) >= 11 is 5.59. The monoisotopic (exact) mass is 420 g/mol. The predicted octanol–water partition coefficient (Wildman–Crippen LogP) is 1.22. The molecule has 0 unspecified atom stereocenters. The van der Waals surface area contributed by atoms with Crippen LogP contribution in [0, 0.1) is 5.82 Å². The fourth-order valence-electron chi connectivity index (χ4n) is 3.03. The van der Waals surface area contributed by atoms with Gasteiger partial charge in [-0.15, -0.1) is 11.6 Å². The lowest BCUT2D eigenvalue weighted by molar-refractivity contribution is 0.0957. The van der Waals surface area contributed by atoms with Crippen molar-refractivity contribution in [3.63, 3.8) is 0 Å². The number of carbonyl (C=O) groups is 2. The molecule has 0 saturated carbocycles. The van der Waals surface area contributed by atoms with E-state index >= 15 is 0 Å². The van der Waals surface area contributed by atoms with E-state index in [1.54, 1.807) is 0 Å². The number of ether oxygens (including phenoxy) is 1. The summed E-state index contributed by atoms with van der Waals surface area (Å²) in [7, 11) is 0. The molecule has 0 bridgehead atoms. The summed E-state index contributed by atoms with van der Waals surface area (Å²) in [6.45, 7) is 0.112. The maximum Gasteiger partial charge on any atom is 0.416 e. The van der Waals surface area contributed by atoms with E-state index in [9.17, 15) is 18.8 Å². The number of hydrogen-bond acceptors (Lipinski definition) is 6. The molecular formula is C17H14ClFN6O4. The number of rotatable bonds is 5. The first-order valence-corrected chi connectivity index (χ1v) is 9.05. The zero-order valence-electron chi connectivity index (χ0n) is 14.8. The summed E-state index contributed by atoms with van der Waals surface area (Å²) in [5.74, 6) is -0.711. The highest BCUT2D eigenvalue weighted by Gasteiger charge is 2.38. The van der Waals surface area contributed by atoms with Gasteiger partial charge in [0.1, 0.15) is 29.8 Å².